The van der Waals surface area contributed by atoms with Gasteiger partial charge >= 0.3 is 0 Å². The van der Waals surface area contributed by atoms with Gasteiger partial charge in [0.05, 0.1) is 17.2 Å². The van der Waals surface area contributed by atoms with Crippen molar-refractivity contribution in [3.8, 4) is 5.75 Å². The standard InChI is InChI=1S/C19H22F2N2O4S/c1-4-23(5-2)28(25,26)14-8-10-18(27-6-3)17(12-14)22-19(24)13-7-9-15(20)16(21)11-13/h7-12H,4-6H2,1-3H3,(H,22,24). The summed E-state index contributed by atoms with van der Waals surface area (Å²) in [5, 5.41) is 2.51. The molecule has 0 fully saturated rings. The van der Waals surface area contributed by atoms with Crippen molar-refractivity contribution in [1.82, 2.24) is 4.31 Å². The molecule has 0 bridgehead atoms. The Morgan fingerprint density at radius 1 is 1.04 bits per heavy atom. The molecule has 9 heteroatoms. The average molecular weight is 412 g/mol. The van der Waals surface area contributed by atoms with Crippen LogP contribution in [-0.4, -0.2) is 38.3 Å². The van der Waals surface area contributed by atoms with Crippen LogP contribution in [0.15, 0.2) is 41.3 Å². The second-order valence-corrected chi connectivity index (χ2v) is 7.70. The van der Waals surface area contributed by atoms with Gasteiger partial charge in [0.2, 0.25) is 10.0 Å². The minimum Gasteiger partial charge on any atom is -0.492 e. The van der Waals surface area contributed by atoms with Crippen LogP contribution in [0.2, 0.25) is 0 Å². The monoisotopic (exact) mass is 412 g/mol. The van der Waals surface area contributed by atoms with Crippen molar-refractivity contribution in [3.63, 3.8) is 0 Å². The summed E-state index contributed by atoms with van der Waals surface area (Å²) in [6.45, 7) is 6.06. The van der Waals surface area contributed by atoms with E-state index in [1.54, 1.807) is 20.8 Å². The first-order chi connectivity index (χ1) is 13.2. The molecule has 2 rings (SSSR count). The summed E-state index contributed by atoms with van der Waals surface area (Å²) in [5.74, 6) is -2.69. The third-order valence-electron chi connectivity index (χ3n) is 4.02. The van der Waals surface area contributed by atoms with Crippen molar-refractivity contribution in [3.05, 3.63) is 53.6 Å². The molecule has 0 saturated heterocycles. The number of hydrogen-bond acceptors (Lipinski definition) is 4. The Morgan fingerprint density at radius 3 is 2.29 bits per heavy atom. The molecule has 0 aliphatic heterocycles. The Labute approximate surface area is 163 Å². The van der Waals surface area contributed by atoms with Crippen LogP contribution < -0.4 is 10.1 Å². The Kier molecular flexibility index (Phi) is 7.09. The van der Waals surface area contributed by atoms with Crippen molar-refractivity contribution in [1.29, 1.82) is 0 Å². The summed E-state index contributed by atoms with van der Waals surface area (Å²) in [5.41, 5.74) is 0.00293. The van der Waals surface area contributed by atoms with Gasteiger partial charge in [-0.15, -0.1) is 0 Å². The smallest absolute Gasteiger partial charge is 0.255 e. The van der Waals surface area contributed by atoms with Gasteiger partial charge in [0, 0.05) is 18.7 Å². The van der Waals surface area contributed by atoms with Crippen LogP contribution in [0, 0.1) is 11.6 Å². The predicted molar refractivity (Wildman–Crippen MR) is 102 cm³/mol. The fourth-order valence-corrected chi connectivity index (χ4v) is 4.08. The second-order valence-electron chi connectivity index (χ2n) is 5.76. The van der Waals surface area contributed by atoms with E-state index >= 15 is 0 Å². The van der Waals surface area contributed by atoms with Gasteiger partial charge in [-0.25, -0.2) is 17.2 Å². The van der Waals surface area contributed by atoms with E-state index in [0.29, 0.717) is 13.1 Å². The Bertz CT molecular complexity index is 960. The van der Waals surface area contributed by atoms with Gasteiger partial charge in [0.25, 0.3) is 5.91 Å². The highest BCUT2D eigenvalue weighted by atomic mass is 32.2. The van der Waals surface area contributed by atoms with Crippen LogP contribution in [0.4, 0.5) is 14.5 Å². The molecule has 6 nitrogen and oxygen atoms in total. The SMILES string of the molecule is CCOc1ccc(S(=O)(=O)N(CC)CC)cc1NC(=O)c1ccc(F)c(F)c1. The number of rotatable bonds is 8. The molecule has 0 aliphatic carbocycles. The number of nitrogens with zero attached hydrogens (tertiary/aromatic N) is 1. The van der Waals surface area contributed by atoms with Crippen molar-refractivity contribution in [2.24, 2.45) is 0 Å². The minimum absolute atomic E-state index is 0.0137. The molecule has 28 heavy (non-hydrogen) atoms. The number of amides is 1. The van der Waals surface area contributed by atoms with E-state index in [4.69, 9.17) is 4.74 Å². The van der Waals surface area contributed by atoms with Gasteiger partial charge in [0.1, 0.15) is 5.75 Å². The maximum Gasteiger partial charge on any atom is 0.255 e. The van der Waals surface area contributed by atoms with Gasteiger partial charge < -0.3 is 10.1 Å². The van der Waals surface area contributed by atoms with Crippen molar-refractivity contribution >= 4 is 21.6 Å². The summed E-state index contributed by atoms with van der Waals surface area (Å²) in [6, 6.07) is 6.87. The number of nitrogens with one attached hydrogen (secondary N) is 1. The first kappa shape index (κ1) is 21.8. The van der Waals surface area contributed by atoms with E-state index in [-0.39, 0.29) is 28.5 Å². The molecule has 0 unspecified atom stereocenters. The van der Waals surface area contributed by atoms with Gasteiger partial charge in [0.15, 0.2) is 11.6 Å². The number of halogens is 2. The van der Waals surface area contributed by atoms with E-state index in [9.17, 15) is 22.0 Å². The lowest BCUT2D eigenvalue weighted by atomic mass is 10.2. The van der Waals surface area contributed by atoms with Crippen LogP contribution in [0.1, 0.15) is 31.1 Å². The fourth-order valence-electron chi connectivity index (χ4n) is 2.59. The molecular weight excluding hydrogens is 390 g/mol. The largest absolute Gasteiger partial charge is 0.492 e. The summed E-state index contributed by atoms with van der Waals surface area (Å²) in [4.78, 5) is 12.4. The minimum atomic E-state index is -3.75. The van der Waals surface area contributed by atoms with Gasteiger partial charge in [-0.3, -0.25) is 4.79 Å². The molecule has 0 radical (unpaired) electrons. The number of benzene rings is 2. The van der Waals surface area contributed by atoms with Crippen LogP contribution in [0.25, 0.3) is 0 Å². The molecule has 0 spiro atoms. The summed E-state index contributed by atoms with van der Waals surface area (Å²) in [7, 11) is -3.75. The maximum atomic E-state index is 13.4. The number of carbonyl (C=O) groups excluding carboxylic acids is 1. The van der Waals surface area contributed by atoms with E-state index in [1.807, 2.05) is 0 Å². The molecule has 0 atom stereocenters. The molecule has 0 aromatic heterocycles. The number of hydrogen-bond donors (Lipinski definition) is 1. The summed E-state index contributed by atoms with van der Waals surface area (Å²) < 4.78 is 58.7. The molecule has 2 aromatic carbocycles. The molecular formula is C19H22F2N2O4S. The lowest BCUT2D eigenvalue weighted by Gasteiger charge is -2.20. The number of ether oxygens (including phenoxy) is 1. The van der Waals surface area contributed by atoms with Crippen LogP contribution in [0.3, 0.4) is 0 Å². The third-order valence-corrected chi connectivity index (χ3v) is 6.07. The zero-order valence-corrected chi connectivity index (χ0v) is 16.6. The van der Waals surface area contributed by atoms with Crippen molar-refractivity contribution in [2.75, 3.05) is 25.0 Å². The first-order valence-electron chi connectivity index (χ1n) is 8.77. The average Bonchev–Trinajstić information content (AvgIpc) is 2.66. The highest BCUT2D eigenvalue weighted by Gasteiger charge is 2.23. The fraction of sp³-hybridized carbons (Fsp3) is 0.316. The van der Waals surface area contributed by atoms with E-state index in [1.165, 1.54) is 22.5 Å². The topological polar surface area (TPSA) is 75.7 Å². The maximum absolute atomic E-state index is 13.4. The number of anilines is 1. The molecule has 0 aliphatic rings. The second kappa shape index (κ2) is 9.11. The normalized spacial score (nSPS) is 11.5. The molecule has 1 N–H and O–H groups in total. The molecule has 2 aromatic rings. The highest BCUT2D eigenvalue weighted by Crippen LogP contribution is 2.30. The third kappa shape index (κ3) is 4.66. The van der Waals surface area contributed by atoms with Gasteiger partial charge in [-0.1, -0.05) is 13.8 Å². The number of carbonyl (C=O) groups is 1. The summed E-state index contributed by atoms with van der Waals surface area (Å²) >= 11 is 0. The lowest BCUT2D eigenvalue weighted by Crippen LogP contribution is -2.30. The molecule has 0 saturated carbocycles. The Morgan fingerprint density at radius 2 is 1.71 bits per heavy atom. The molecule has 0 heterocycles. The van der Waals surface area contributed by atoms with Crippen molar-refractivity contribution < 1.29 is 26.7 Å². The van der Waals surface area contributed by atoms with Crippen molar-refractivity contribution in [2.45, 2.75) is 25.7 Å². The van der Waals surface area contributed by atoms with Crippen LogP contribution in [0.5, 0.6) is 5.75 Å². The first-order valence-corrected chi connectivity index (χ1v) is 10.2. The van der Waals surface area contributed by atoms with Gasteiger partial charge in [-0.05, 0) is 43.3 Å². The molecule has 1 amide bonds. The number of sulfonamides is 1. The van der Waals surface area contributed by atoms with Crippen LogP contribution >= 0.6 is 0 Å². The van der Waals surface area contributed by atoms with Crippen LogP contribution in [-0.2, 0) is 10.0 Å². The zero-order valence-electron chi connectivity index (χ0n) is 15.8. The van der Waals surface area contributed by atoms with E-state index < -0.39 is 27.6 Å². The highest BCUT2D eigenvalue weighted by molar-refractivity contribution is 7.89. The predicted octanol–water partition coefficient (Wildman–Crippen LogP) is 3.65. The van der Waals surface area contributed by atoms with E-state index in [0.717, 1.165) is 18.2 Å². The van der Waals surface area contributed by atoms with Gasteiger partial charge in [-0.2, -0.15) is 4.31 Å². The zero-order chi connectivity index (χ0) is 20.9. The lowest BCUT2D eigenvalue weighted by molar-refractivity contribution is 0.102. The Hall–Kier alpha value is -2.52. The van der Waals surface area contributed by atoms with E-state index in [2.05, 4.69) is 5.32 Å². The molecule has 152 valence electrons. The quantitative estimate of drug-likeness (QED) is 0.718. The Balaban J connectivity index is 2.43. The summed E-state index contributed by atoms with van der Waals surface area (Å²) in [6.07, 6.45) is 0.